The van der Waals surface area contributed by atoms with Crippen molar-refractivity contribution < 1.29 is 5.11 Å². The maximum atomic E-state index is 9.47. The number of hydrogen-bond acceptors (Lipinski definition) is 4. The minimum absolute atomic E-state index is 0.0663. The van der Waals surface area contributed by atoms with Crippen molar-refractivity contribution in [2.45, 2.75) is 13.5 Å². The average molecular weight is 243 g/mol. The number of benzene rings is 1. The van der Waals surface area contributed by atoms with E-state index in [1.807, 2.05) is 38.2 Å². The lowest BCUT2D eigenvalue weighted by Gasteiger charge is -2.04. The molecule has 0 saturated carbocycles. The second-order valence-corrected chi connectivity index (χ2v) is 4.16. The number of aryl methyl sites for hydroxylation is 2. The van der Waals surface area contributed by atoms with Crippen LogP contribution in [0.15, 0.2) is 24.3 Å². The van der Waals surface area contributed by atoms with E-state index in [1.54, 1.807) is 9.36 Å². The van der Waals surface area contributed by atoms with Crippen LogP contribution in [0.5, 0.6) is 0 Å². The molecule has 0 radical (unpaired) electrons. The summed E-state index contributed by atoms with van der Waals surface area (Å²) in [6.07, 6.45) is 0. The molecule has 1 N–H and O–H groups in total. The van der Waals surface area contributed by atoms with E-state index >= 15 is 0 Å². The van der Waals surface area contributed by atoms with E-state index in [0.717, 1.165) is 28.1 Å². The number of hydrogen-bond donors (Lipinski definition) is 1. The van der Waals surface area contributed by atoms with Crippen LogP contribution in [0.25, 0.3) is 16.9 Å². The monoisotopic (exact) mass is 243 g/mol. The molecular weight excluding hydrogens is 230 g/mol. The normalized spacial score (nSPS) is 11.3. The number of aromatic nitrogens is 5. The molecule has 92 valence electrons. The summed E-state index contributed by atoms with van der Waals surface area (Å²) >= 11 is 0. The van der Waals surface area contributed by atoms with Gasteiger partial charge in [-0.15, -0.1) is 5.10 Å². The molecule has 6 nitrogen and oxygen atoms in total. The van der Waals surface area contributed by atoms with Gasteiger partial charge in [-0.2, -0.15) is 9.78 Å². The van der Waals surface area contributed by atoms with Crippen LogP contribution < -0.4 is 0 Å². The van der Waals surface area contributed by atoms with Gasteiger partial charge in [-0.05, 0) is 19.1 Å². The molecule has 0 aliphatic carbocycles. The molecule has 3 rings (SSSR count). The van der Waals surface area contributed by atoms with E-state index in [0.29, 0.717) is 0 Å². The van der Waals surface area contributed by atoms with Crippen LogP contribution in [-0.4, -0.2) is 29.9 Å². The van der Waals surface area contributed by atoms with E-state index < -0.39 is 0 Å². The van der Waals surface area contributed by atoms with Crippen LogP contribution in [-0.2, 0) is 13.7 Å². The fourth-order valence-electron chi connectivity index (χ4n) is 2.17. The van der Waals surface area contributed by atoms with Gasteiger partial charge in [0.1, 0.15) is 5.52 Å². The third kappa shape index (κ3) is 1.42. The molecule has 0 saturated heterocycles. The minimum Gasteiger partial charge on any atom is -0.391 e. The van der Waals surface area contributed by atoms with Crippen molar-refractivity contribution in [3.63, 3.8) is 0 Å². The molecule has 2 aromatic heterocycles. The molecule has 0 bridgehead atoms. The first-order chi connectivity index (χ1) is 8.72. The molecule has 18 heavy (non-hydrogen) atoms. The van der Waals surface area contributed by atoms with E-state index in [-0.39, 0.29) is 6.61 Å². The minimum atomic E-state index is -0.0663. The smallest absolute Gasteiger partial charge is 0.159 e. The standard InChI is InChI=1S/C12H13N5O/c1-8-9(7-18)12(16(2)14-8)17-11-6-4-3-5-10(11)13-15-17/h3-6,18H,7H2,1-2H3. The molecule has 0 amide bonds. The SMILES string of the molecule is Cc1nn(C)c(-n2nnc3ccccc32)c1CO. The Balaban J connectivity index is 2.33. The summed E-state index contributed by atoms with van der Waals surface area (Å²) in [5, 5.41) is 22.0. The second-order valence-electron chi connectivity index (χ2n) is 4.16. The number of para-hydroxylation sites is 1. The maximum Gasteiger partial charge on any atom is 0.159 e. The van der Waals surface area contributed by atoms with E-state index in [9.17, 15) is 5.11 Å². The van der Waals surface area contributed by atoms with Gasteiger partial charge in [0, 0.05) is 12.6 Å². The Labute approximate surface area is 103 Å². The first kappa shape index (κ1) is 10.9. The predicted molar refractivity (Wildman–Crippen MR) is 66.3 cm³/mol. The largest absolute Gasteiger partial charge is 0.391 e. The Bertz CT molecular complexity index is 712. The van der Waals surface area contributed by atoms with E-state index in [1.165, 1.54) is 0 Å². The zero-order chi connectivity index (χ0) is 12.7. The summed E-state index contributed by atoms with van der Waals surface area (Å²) in [4.78, 5) is 0. The summed E-state index contributed by atoms with van der Waals surface area (Å²) in [6.45, 7) is 1.80. The highest BCUT2D eigenvalue weighted by Crippen LogP contribution is 2.21. The molecule has 3 aromatic rings. The molecule has 0 aliphatic heterocycles. The van der Waals surface area contributed by atoms with Gasteiger partial charge in [-0.1, -0.05) is 17.3 Å². The number of nitrogens with zero attached hydrogens (tertiary/aromatic N) is 5. The predicted octanol–water partition coefficient (Wildman–Crippen LogP) is 0.955. The summed E-state index contributed by atoms with van der Waals surface area (Å²) in [5.41, 5.74) is 3.29. The number of fused-ring (bicyclic) bond motifs is 1. The molecule has 1 aromatic carbocycles. The molecule has 0 atom stereocenters. The average Bonchev–Trinajstić information content (AvgIpc) is 2.89. The van der Waals surface area contributed by atoms with Gasteiger partial charge in [0.2, 0.25) is 0 Å². The van der Waals surface area contributed by atoms with Gasteiger partial charge in [-0.3, -0.25) is 4.68 Å². The van der Waals surface area contributed by atoms with Crippen molar-refractivity contribution in [2.75, 3.05) is 0 Å². The topological polar surface area (TPSA) is 68.8 Å². The Morgan fingerprint density at radius 3 is 2.83 bits per heavy atom. The molecule has 2 heterocycles. The lowest BCUT2D eigenvalue weighted by molar-refractivity contribution is 0.280. The van der Waals surface area contributed by atoms with Crippen LogP contribution in [0.3, 0.4) is 0 Å². The van der Waals surface area contributed by atoms with Crippen LogP contribution in [0, 0.1) is 6.92 Å². The molecule has 6 heteroatoms. The first-order valence-electron chi connectivity index (χ1n) is 5.66. The van der Waals surface area contributed by atoms with E-state index in [2.05, 4.69) is 15.4 Å². The van der Waals surface area contributed by atoms with Gasteiger partial charge in [0.05, 0.1) is 17.8 Å². The fraction of sp³-hybridized carbons (Fsp3) is 0.250. The lowest BCUT2D eigenvalue weighted by Crippen LogP contribution is -2.07. The molecule has 0 spiro atoms. The summed E-state index contributed by atoms with van der Waals surface area (Å²) in [6, 6.07) is 7.70. The second kappa shape index (κ2) is 3.92. The molecule has 0 fully saturated rings. The highest BCUT2D eigenvalue weighted by molar-refractivity contribution is 5.75. The zero-order valence-corrected chi connectivity index (χ0v) is 10.2. The van der Waals surface area contributed by atoms with Crippen molar-refractivity contribution in [1.82, 2.24) is 24.8 Å². The van der Waals surface area contributed by atoms with Gasteiger partial charge in [0.25, 0.3) is 0 Å². The van der Waals surface area contributed by atoms with E-state index in [4.69, 9.17) is 0 Å². The lowest BCUT2D eigenvalue weighted by atomic mass is 10.2. The zero-order valence-electron chi connectivity index (χ0n) is 10.2. The summed E-state index contributed by atoms with van der Waals surface area (Å²) in [7, 11) is 1.83. The fourth-order valence-corrected chi connectivity index (χ4v) is 2.17. The maximum absolute atomic E-state index is 9.47. The van der Waals surface area contributed by atoms with Gasteiger partial charge >= 0.3 is 0 Å². The third-order valence-corrected chi connectivity index (χ3v) is 3.02. The van der Waals surface area contributed by atoms with Crippen molar-refractivity contribution in [2.24, 2.45) is 7.05 Å². The summed E-state index contributed by atoms with van der Waals surface area (Å²) < 4.78 is 3.42. The van der Waals surface area contributed by atoms with Crippen LogP contribution in [0.1, 0.15) is 11.3 Å². The summed E-state index contributed by atoms with van der Waals surface area (Å²) in [5.74, 6) is 0.753. The van der Waals surface area contributed by atoms with Crippen LogP contribution in [0.2, 0.25) is 0 Å². The van der Waals surface area contributed by atoms with Crippen molar-refractivity contribution in [3.05, 3.63) is 35.5 Å². The number of aliphatic hydroxyl groups is 1. The van der Waals surface area contributed by atoms with Crippen LogP contribution >= 0.6 is 0 Å². The van der Waals surface area contributed by atoms with Gasteiger partial charge in [0.15, 0.2) is 5.82 Å². The third-order valence-electron chi connectivity index (χ3n) is 3.02. The first-order valence-corrected chi connectivity index (χ1v) is 5.66. The van der Waals surface area contributed by atoms with Crippen molar-refractivity contribution >= 4 is 11.0 Å². The quantitative estimate of drug-likeness (QED) is 0.727. The number of rotatable bonds is 2. The number of aliphatic hydroxyl groups excluding tert-OH is 1. The van der Waals surface area contributed by atoms with Crippen molar-refractivity contribution in [1.29, 1.82) is 0 Å². The highest BCUT2D eigenvalue weighted by atomic mass is 16.3. The van der Waals surface area contributed by atoms with Crippen LogP contribution in [0.4, 0.5) is 0 Å². The molecule has 0 unspecified atom stereocenters. The Kier molecular flexibility index (Phi) is 2.38. The highest BCUT2D eigenvalue weighted by Gasteiger charge is 2.17. The van der Waals surface area contributed by atoms with Gasteiger partial charge in [-0.25, -0.2) is 0 Å². The Hall–Kier alpha value is -2.21. The Morgan fingerprint density at radius 2 is 2.06 bits per heavy atom. The molecule has 0 aliphatic rings. The van der Waals surface area contributed by atoms with Gasteiger partial charge < -0.3 is 5.11 Å². The Morgan fingerprint density at radius 1 is 1.28 bits per heavy atom. The van der Waals surface area contributed by atoms with Crippen molar-refractivity contribution in [3.8, 4) is 5.82 Å². The molecular formula is C12H13N5O.